The fourth-order valence-electron chi connectivity index (χ4n) is 4.55. The van der Waals surface area contributed by atoms with Gasteiger partial charge in [-0.2, -0.15) is 11.3 Å². The van der Waals surface area contributed by atoms with Gasteiger partial charge in [0.25, 0.3) is 0 Å². The molecule has 6 nitrogen and oxygen atoms in total. The third kappa shape index (κ3) is 5.37. The maximum atomic E-state index is 13.2. The Kier molecular flexibility index (Phi) is 6.60. The van der Waals surface area contributed by atoms with E-state index in [4.69, 9.17) is 9.47 Å². The first-order chi connectivity index (χ1) is 16.1. The molecule has 1 fully saturated rings. The van der Waals surface area contributed by atoms with Crippen LogP contribution in [0.4, 0.5) is 0 Å². The van der Waals surface area contributed by atoms with E-state index in [1.807, 2.05) is 17.0 Å². The molecule has 3 aromatic rings. The lowest BCUT2D eigenvalue weighted by atomic mass is 10.1. The van der Waals surface area contributed by atoms with Gasteiger partial charge in [0, 0.05) is 56.3 Å². The lowest BCUT2D eigenvalue weighted by Gasteiger charge is -2.33. The van der Waals surface area contributed by atoms with Crippen molar-refractivity contribution in [2.45, 2.75) is 38.5 Å². The van der Waals surface area contributed by atoms with E-state index in [2.05, 4.69) is 51.8 Å². The number of ether oxygens (including phenoxy) is 2. The number of likely N-dealkylation sites (tertiary alicyclic amines) is 1. The van der Waals surface area contributed by atoms with Crippen LogP contribution in [0.15, 0.2) is 59.6 Å². The molecular weight excluding hydrogens is 434 g/mol. The van der Waals surface area contributed by atoms with Gasteiger partial charge in [-0.15, -0.1) is 0 Å². The van der Waals surface area contributed by atoms with Crippen molar-refractivity contribution in [2.75, 3.05) is 26.2 Å². The Morgan fingerprint density at radius 3 is 2.88 bits per heavy atom. The van der Waals surface area contributed by atoms with Crippen LogP contribution in [-0.2, 0) is 11.3 Å². The summed E-state index contributed by atoms with van der Waals surface area (Å²) in [5.41, 5.74) is 3.51. The normalized spacial score (nSPS) is 19.4. The molecule has 1 saturated heterocycles. The lowest BCUT2D eigenvalue weighted by molar-refractivity contribution is -0.134. The van der Waals surface area contributed by atoms with E-state index >= 15 is 0 Å². The first-order valence-corrected chi connectivity index (χ1v) is 12.4. The number of carbonyl (C=O) groups is 1. The first kappa shape index (κ1) is 21.9. The molecule has 5 rings (SSSR count). The summed E-state index contributed by atoms with van der Waals surface area (Å²) in [7, 11) is 0. The van der Waals surface area contributed by atoms with Crippen LogP contribution in [0, 0.1) is 6.92 Å². The zero-order valence-electron chi connectivity index (χ0n) is 18.9. The number of piperidine rings is 1. The Morgan fingerprint density at radius 1 is 1.24 bits per heavy atom. The van der Waals surface area contributed by atoms with Crippen molar-refractivity contribution in [2.24, 2.45) is 0 Å². The molecule has 1 aromatic carbocycles. The number of benzene rings is 1. The van der Waals surface area contributed by atoms with Crippen molar-refractivity contribution in [3.8, 4) is 11.5 Å². The quantitative estimate of drug-likeness (QED) is 0.559. The molecule has 0 spiro atoms. The Balaban J connectivity index is 1.22. The van der Waals surface area contributed by atoms with Gasteiger partial charge in [-0.05, 0) is 41.9 Å². The van der Waals surface area contributed by atoms with Crippen LogP contribution in [0.3, 0.4) is 0 Å². The van der Waals surface area contributed by atoms with Crippen molar-refractivity contribution in [1.29, 1.82) is 0 Å². The van der Waals surface area contributed by atoms with Crippen LogP contribution in [0.2, 0.25) is 0 Å². The molecular formula is C26H29N3O3S. The molecule has 1 unspecified atom stereocenters. The summed E-state index contributed by atoms with van der Waals surface area (Å²) in [6.07, 6.45) is 5.20. The molecule has 0 aliphatic carbocycles. The number of amides is 1. The smallest absolute Gasteiger partial charge is 0.236 e. The van der Waals surface area contributed by atoms with Crippen LogP contribution in [0.5, 0.6) is 11.5 Å². The summed E-state index contributed by atoms with van der Waals surface area (Å²) >= 11 is 1.67. The minimum absolute atomic E-state index is 0.0772. The maximum Gasteiger partial charge on any atom is 0.236 e. The minimum Gasteiger partial charge on any atom is -0.489 e. The number of thiophene rings is 1. The van der Waals surface area contributed by atoms with E-state index in [1.54, 1.807) is 23.7 Å². The van der Waals surface area contributed by atoms with Gasteiger partial charge >= 0.3 is 0 Å². The van der Waals surface area contributed by atoms with Crippen LogP contribution < -0.4 is 9.47 Å². The third-order valence-electron chi connectivity index (χ3n) is 6.31. The molecule has 7 heteroatoms. The first-order valence-electron chi connectivity index (χ1n) is 11.5. The highest BCUT2D eigenvalue weighted by Gasteiger charge is 2.29. The number of rotatable bonds is 5. The van der Waals surface area contributed by atoms with E-state index in [-0.39, 0.29) is 18.1 Å². The predicted molar refractivity (Wildman–Crippen MR) is 129 cm³/mol. The SMILES string of the molecule is Cc1ccc2c(c1)CN(CC(=O)N1CCC(Oc3cccnc3)CC1)CC(c1ccsc1)O2. The lowest BCUT2D eigenvalue weighted by Crippen LogP contribution is -2.46. The van der Waals surface area contributed by atoms with Crippen molar-refractivity contribution in [3.05, 3.63) is 76.2 Å². The number of hydrogen-bond acceptors (Lipinski definition) is 6. The summed E-state index contributed by atoms with van der Waals surface area (Å²) in [6, 6.07) is 12.2. The Bertz CT molecular complexity index is 1070. The average molecular weight is 464 g/mol. The zero-order valence-corrected chi connectivity index (χ0v) is 19.7. The molecule has 172 valence electrons. The molecule has 33 heavy (non-hydrogen) atoms. The van der Waals surface area contributed by atoms with Crippen LogP contribution in [-0.4, -0.2) is 53.0 Å². The molecule has 1 amide bonds. The van der Waals surface area contributed by atoms with E-state index in [9.17, 15) is 4.79 Å². The molecule has 0 radical (unpaired) electrons. The van der Waals surface area contributed by atoms with Crippen LogP contribution >= 0.6 is 11.3 Å². The number of hydrogen-bond donors (Lipinski definition) is 0. The summed E-state index contributed by atoms with van der Waals surface area (Å²) in [5.74, 6) is 1.88. The number of fused-ring (bicyclic) bond motifs is 1. The molecule has 2 aliphatic heterocycles. The number of carbonyl (C=O) groups excluding carboxylic acids is 1. The van der Waals surface area contributed by atoms with Gasteiger partial charge in [-0.1, -0.05) is 17.7 Å². The van der Waals surface area contributed by atoms with E-state index in [1.165, 1.54) is 11.1 Å². The van der Waals surface area contributed by atoms with Crippen molar-refractivity contribution in [1.82, 2.24) is 14.8 Å². The van der Waals surface area contributed by atoms with E-state index < -0.39 is 0 Å². The molecule has 0 saturated carbocycles. The van der Waals surface area contributed by atoms with Gasteiger partial charge in [0.05, 0.1) is 12.7 Å². The molecule has 1 atom stereocenters. The second-order valence-electron chi connectivity index (χ2n) is 8.83. The number of nitrogens with zero attached hydrogens (tertiary/aromatic N) is 3. The number of pyridine rings is 1. The summed E-state index contributed by atoms with van der Waals surface area (Å²) in [5, 5.41) is 4.21. The Morgan fingerprint density at radius 2 is 2.12 bits per heavy atom. The van der Waals surface area contributed by atoms with Crippen molar-refractivity contribution in [3.63, 3.8) is 0 Å². The molecule has 2 aromatic heterocycles. The van der Waals surface area contributed by atoms with Gasteiger partial charge in [-0.25, -0.2) is 0 Å². The van der Waals surface area contributed by atoms with Gasteiger partial charge in [0.15, 0.2) is 0 Å². The number of aromatic nitrogens is 1. The minimum atomic E-state index is -0.0772. The van der Waals surface area contributed by atoms with Crippen molar-refractivity contribution >= 4 is 17.2 Å². The predicted octanol–water partition coefficient (Wildman–Crippen LogP) is 4.46. The molecule has 4 heterocycles. The van der Waals surface area contributed by atoms with Gasteiger partial charge < -0.3 is 14.4 Å². The van der Waals surface area contributed by atoms with Gasteiger partial charge in [-0.3, -0.25) is 14.7 Å². The maximum absolute atomic E-state index is 13.2. The van der Waals surface area contributed by atoms with Gasteiger partial charge in [0.1, 0.15) is 23.7 Å². The Hall–Kier alpha value is -2.90. The van der Waals surface area contributed by atoms with Crippen molar-refractivity contribution < 1.29 is 14.3 Å². The summed E-state index contributed by atoms with van der Waals surface area (Å²) in [4.78, 5) is 21.5. The fourth-order valence-corrected chi connectivity index (χ4v) is 5.25. The number of aryl methyl sites for hydroxylation is 1. The summed E-state index contributed by atoms with van der Waals surface area (Å²) < 4.78 is 12.4. The highest BCUT2D eigenvalue weighted by atomic mass is 32.1. The largest absolute Gasteiger partial charge is 0.489 e. The average Bonchev–Trinajstić information content (AvgIpc) is 3.30. The second kappa shape index (κ2) is 9.93. The third-order valence-corrected chi connectivity index (χ3v) is 7.01. The van der Waals surface area contributed by atoms with Crippen LogP contribution in [0.25, 0.3) is 0 Å². The fraction of sp³-hybridized carbons (Fsp3) is 0.385. The second-order valence-corrected chi connectivity index (χ2v) is 9.61. The molecule has 2 aliphatic rings. The summed E-state index contributed by atoms with van der Waals surface area (Å²) in [6.45, 7) is 5.33. The zero-order chi connectivity index (χ0) is 22.6. The van der Waals surface area contributed by atoms with Crippen LogP contribution in [0.1, 0.15) is 35.6 Å². The monoisotopic (exact) mass is 463 g/mol. The topological polar surface area (TPSA) is 54.9 Å². The van der Waals surface area contributed by atoms with E-state index in [0.717, 1.165) is 43.0 Å². The highest BCUT2D eigenvalue weighted by molar-refractivity contribution is 7.07. The molecule has 0 N–H and O–H groups in total. The highest BCUT2D eigenvalue weighted by Crippen LogP contribution is 2.32. The van der Waals surface area contributed by atoms with Gasteiger partial charge in [0.2, 0.25) is 5.91 Å². The standard InChI is InChI=1S/C26H29N3O3S/c1-19-4-5-24-21(13-19)15-28(16-25(32-24)20-8-12-33-18-20)17-26(30)29-10-6-22(7-11-29)31-23-3-2-9-27-14-23/h2-5,8-9,12-14,18,22,25H,6-7,10-11,15-17H2,1H3. The Labute approximate surface area is 198 Å². The van der Waals surface area contributed by atoms with E-state index in [0.29, 0.717) is 19.6 Å². The molecule has 0 bridgehead atoms.